The number of hydrogen-bond donors (Lipinski definition) is 0. The van der Waals surface area contributed by atoms with E-state index < -0.39 is 0 Å². The maximum atomic E-state index is 12.1. The molecule has 0 heterocycles. The third-order valence-corrected chi connectivity index (χ3v) is 3.90. The van der Waals surface area contributed by atoms with E-state index in [1.54, 1.807) is 0 Å². The molecule has 0 spiro atoms. The number of nitrogens with zero attached hydrogens (tertiary/aromatic N) is 1. The summed E-state index contributed by atoms with van der Waals surface area (Å²) in [4.78, 5) is 14.0. The van der Waals surface area contributed by atoms with Crippen LogP contribution in [-0.2, 0) is 0 Å². The van der Waals surface area contributed by atoms with E-state index in [-0.39, 0.29) is 5.91 Å². The summed E-state index contributed by atoms with van der Waals surface area (Å²) in [5, 5.41) is 0. The van der Waals surface area contributed by atoms with E-state index in [1.807, 2.05) is 36.2 Å². The van der Waals surface area contributed by atoms with Gasteiger partial charge in [-0.3, -0.25) is 4.79 Å². The fraction of sp³-hybridized carbons (Fsp3) is 0.462. The minimum absolute atomic E-state index is 0.111. The molecule has 0 bridgehead atoms. The number of carbonyl (C=O) groups is 1. The fourth-order valence-corrected chi connectivity index (χ4v) is 2.44. The predicted molar refractivity (Wildman–Crippen MR) is 68.4 cm³/mol. The van der Waals surface area contributed by atoms with Crippen molar-refractivity contribution < 1.29 is 4.79 Å². The van der Waals surface area contributed by atoms with Crippen LogP contribution in [0.5, 0.6) is 0 Å². The van der Waals surface area contributed by atoms with E-state index in [2.05, 4.69) is 15.9 Å². The third-order valence-electron chi connectivity index (χ3n) is 3.21. The zero-order chi connectivity index (χ0) is 11.5. The molecule has 1 aromatic rings. The molecule has 1 aromatic carbocycles. The van der Waals surface area contributed by atoms with Gasteiger partial charge in [-0.25, -0.2) is 0 Å². The first-order valence-electron chi connectivity index (χ1n) is 5.68. The van der Waals surface area contributed by atoms with E-state index >= 15 is 0 Å². The molecule has 2 nitrogen and oxygen atoms in total. The molecule has 1 amide bonds. The van der Waals surface area contributed by atoms with E-state index in [0.717, 1.165) is 22.5 Å². The molecule has 0 unspecified atom stereocenters. The van der Waals surface area contributed by atoms with Gasteiger partial charge in [-0.15, -0.1) is 0 Å². The largest absolute Gasteiger partial charge is 0.341 e. The van der Waals surface area contributed by atoms with Crippen LogP contribution in [0.3, 0.4) is 0 Å². The molecule has 0 aromatic heterocycles. The second-order valence-corrected chi connectivity index (χ2v) is 5.32. The number of halogens is 1. The molecule has 0 N–H and O–H groups in total. The summed E-state index contributed by atoms with van der Waals surface area (Å²) >= 11 is 3.41. The van der Waals surface area contributed by atoms with Crippen molar-refractivity contribution in [3.8, 4) is 0 Å². The first kappa shape index (κ1) is 11.6. The van der Waals surface area contributed by atoms with Crippen LogP contribution in [0.25, 0.3) is 0 Å². The van der Waals surface area contributed by atoms with Crippen molar-refractivity contribution >= 4 is 21.8 Å². The second kappa shape index (κ2) is 5.00. The molecule has 86 valence electrons. The lowest BCUT2D eigenvalue weighted by Crippen LogP contribution is -2.34. The molecule has 1 aliphatic rings. The molecule has 1 fully saturated rings. The Morgan fingerprint density at radius 3 is 2.69 bits per heavy atom. The lowest BCUT2D eigenvalue weighted by Gasteiger charge is -2.30. The van der Waals surface area contributed by atoms with Gasteiger partial charge in [0.25, 0.3) is 5.91 Å². The van der Waals surface area contributed by atoms with Crippen LogP contribution in [0.1, 0.15) is 29.6 Å². The van der Waals surface area contributed by atoms with Crippen molar-refractivity contribution in [2.45, 2.75) is 19.3 Å². The van der Waals surface area contributed by atoms with Crippen LogP contribution < -0.4 is 0 Å². The van der Waals surface area contributed by atoms with Crippen molar-refractivity contribution in [3.63, 3.8) is 0 Å². The Balaban J connectivity index is 2.03. The normalized spacial score (nSPS) is 15.6. The maximum absolute atomic E-state index is 12.1. The number of amides is 1. The number of rotatable bonds is 3. The van der Waals surface area contributed by atoms with Gasteiger partial charge in [0.15, 0.2) is 0 Å². The van der Waals surface area contributed by atoms with Gasteiger partial charge in [-0.1, -0.05) is 18.6 Å². The summed E-state index contributed by atoms with van der Waals surface area (Å²) in [5.41, 5.74) is 0.754. The average Bonchev–Trinajstić information content (AvgIpc) is 2.23. The molecule has 1 saturated carbocycles. The van der Waals surface area contributed by atoms with Gasteiger partial charge in [0.2, 0.25) is 0 Å². The van der Waals surface area contributed by atoms with E-state index in [1.165, 1.54) is 19.3 Å². The van der Waals surface area contributed by atoms with Gasteiger partial charge in [-0.2, -0.15) is 0 Å². The van der Waals surface area contributed by atoms with E-state index in [4.69, 9.17) is 0 Å². The molecule has 0 radical (unpaired) electrons. The average molecular weight is 282 g/mol. The Morgan fingerprint density at radius 2 is 2.12 bits per heavy atom. The molecule has 3 heteroatoms. The predicted octanol–water partition coefficient (Wildman–Crippen LogP) is 3.32. The van der Waals surface area contributed by atoms with Gasteiger partial charge < -0.3 is 4.90 Å². The molecule has 0 aliphatic heterocycles. The van der Waals surface area contributed by atoms with Crippen LogP contribution in [0.15, 0.2) is 28.7 Å². The monoisotopic (exact) mass is 281 g/mol. The van der Waals surface area contributed by atoms with Gasteiger partial charge in [0.1, 0.15) is 0 Å². The highest BCUT2D eigenvalue weighted by molar-refractivity contribution is 9.10. The summed E-state index contributed by atoms with van der Waals surface area (Å²) < 4.78 is 0.875. The highest BCUT2D eigenvalue weighted by atomic mass is 79.9. The first-order valence-corrected chi connectivity index (χ1v) is 6.48. The topological polar surface area (TPSA) is 20.3 Å². The van der Waals surface area contributed by atoms with Gasteiger partial charge >= 0.3 is 0 Å². The van der Waals surface area contributed by atoms with E-state index in [0.29, 0.717) is 0 Å². The highest BCUT2D eigenvalue weighted by Gasteiger charge is 2.22. The lowest BCUT2D eigenvalue weighted by atomic mass is 9.85. The summed E-state index contributed by atoms with van der Waals surface area (Å²) in [6, 6.07) is 7.59. The number of benzene rings is 1. The Morgan fingerprint density at radius 1 is 1.44 bits per heavy atom. The van der Waals surface area contributed by atoms with Crippen LogP contribution in [0.2, 0.25) is 0 Å². The van der Waals surface area contributed by atoms with Crippen LogP contribution in [0.4, 0.5) is 0 Å². The SMILES string of the molecule is CN(CC1CCC1)C(=O)c1ccccc1Br. The number of hydrogen-bond acceptors (Lipinski definition) is 1. The van der Waals surface area contributed by atoms with Gasteiger partial charge in [-0.05, 0) is 46.8 Å². The second-order valence-electron chi connectivity index (χ2n) is 4.46. The Hall–Kier alpha value is -0.830. The Bertz CT molecular complexity index is 387. The van der Waals surface area contributed by atoms with Crippen molar-refractivity contribution in [2.24, 2.45) is 5.92 Å². The Labute approximate surface area is 105 Å². The number of carbonyl (C=O) groups excluding carboxylic acids is 1. The summed E-state index contributed by atoms with van der Waals surface area (Å²) in [7, 11) is 1.89. The molecule has 16 heavy (non-hydrogen) atoms. The molecule has 0 atom stereocenters. The summed E-state index contributed by atoms with van der Waals surface area (Å²) in [6.45, 7) is 0.889. The lowest BCUT2D eigenvalue weighted by molar-refractivity contribution is 0.0744. The quantitative estimate of drug-likeness (QED) is 0.832. The fourth-order valence-electron chi connectivity index (χ4n) is 1.99. The Kier molecular flexibility index (Phi) is 3.64. The van der Waals surface area contributed by atoms with Crippen LogP contribution in [-0.4, -0.2) is 24.4 Å². The van der Waals surface area contributed by atoms with Crippen molar-refractivity contribution in [1.29, 1.82) is 0 Å². The zero-order valence-corrected chi connectivity index (χ0v) is 11.0. The standard InChI is InChI=1S/C13H16BrNO/c1-15(9-10-5-4-6-10)13(16)11-7-2-3-8-12(11)14/h2-3,7-8,10H,4-6,9H2,1H3. The van der Waals surface area contributed by atoms with Crippen molar-refractivity contribution in [3.05, 3.63) is 34.3 Å². The molecule has 1 aliphatic carbocycles. The van der Waals surface area contributed by atoms with Crippen molar-refractivity contribution in [2.75, 3.05) is 13.6 Å². The summed E-state index contributed by atoms with van der Waals surface area (Å²) in [6.07, 6.45) is 3.86. The minimum atomic E-state index is 0.111. The minimum Gasteiger partial charge on any atom is -0.341 e. The summed E-state index contributed by atoms with van der Waals surface area (Å²) in [5.74, 6) is 0.829. The third kappa shape index (κ3) is 2.46. The zero-order valence-electron chi connectivity index (χ0n) is 9.45. The molecule has 2 rings (SSSR count). The van der Waals surface area contributed by atoms with Gasteiger partial charge in [0.05, 0.1) is 5.56 Å². The smallest absolute Gasteiger partial charge is 0.254 e. The van der Waals surface area contributed by atoms with Crippen LogP contribution >= 0.6 is 15.9 Å². The molecule has 0 saturated heterocycles. The van der Waals surface area contributed by atoms with Gasteiger partial charge in [0, 0.05) is 18.1 Å². The van der Waals surface area contributed by atoms with E-state index in [9.17, 15) is 4.79 Å². The van der Waals surface area contributed by atoms with Crippen molar-refractivity contribution in [1.82, 2.24) is 4.90 Å². The first-order chi connectivity index (χ1) is 7.68. The van der Waals surface area contributed by atoms with Crippen LogP contribution in [0, 0.1) is 5.92 Å². The molecular weight excluding hydrogens is 266 g/mol. The molecular formula is C13H16BrNO. The highest BCUT2D eigenvalue weighted by Crippen LogP contribution is 2.27. The maximum Gasteiger partial charge on any atom is 0.254 e.